The molecule has 0 radical (unpaired) electrons. The van der Waals surface area contributed by atoms with Crippen molar-refractivity contribution in [1.29, 1.82) is 0 Å². The molecular weight excluding hydrogens is 338 g/mol. The number of aryl methyl sites for hydroxylation is 1. The molecule has 1 N–H and O–H groups in total. The van der Waals surface area contributed by atoms with Crippen molar-refractivity contribution < 1.29 is 12.6 Å². The molecule has 0 atom stereocenters. The smallest absolute Gasteiger partial charge is 0.306 e. The Balaban J connectivity index is 1.95. The lowest BCUT2D eigenvalue weighted by Gasteiger charge is -2.25. The first-order chi connectivity index (χ1) is 11.9. The van der Waals surface area contributed by atoms with Crippen molar-refractivity contribution in [3.63, 3.8) is 0 Å². The number of hydrogen-bond donors (Lipinski definition) is 1. The number of anilines is 2. The standard InChI is InChI=1S/C18H21N3O3S/c1-14-6-8-15(9-7-14)21(13-18-19-10-11-20-18)16-4-3-5-17(12-16)24-25(2,22)23/h3-9,12H,10-11,13H2,1-2H3,(H,19,20). The Kier molecular flexibility index (Phi) is 4.94. The van der Waals surface area contributed by atoms with Gasteiger partial charge in [-0.1, -0.05) is 23.8 Å². The van der Waals surface area contributed by atoms with Gasteiger partial charge in [0.1, 0.15) is 11.6 Å². The number of nitrogens with one attached hydrogen (secondary N) is 1. The van der Waals surface area contributed by atoms with Crippen LogP contribution in [-0.2, 0) is 10.1 Å². The summed E-state index contributed by atoms with van der Waals surface area (Å²) in [5, 5.41) is 3.27. The maximum Gasteiger partial charge on any atom is 0.306 e. The van der Waals surface area contributed by atoms with Gasteiger partial charge in [-0.25, -0.2) is 0 Å². The summed E-state index contributed by atoms with van der Waals surface area (Å²) >= 11 is 0. The minimum absolute atomic E-state index is 0.290. The largest absolute Gasteiger partial charge is 0.383 e. The van der Waals surface area contributed by atoms with Gasteiger partial charge < -0.3 is 14.4 Å². The van der Waals surface area contributed by atoms with E-state index in [4.69, 9.17) is 4.18 Å². The Morgan fingerprint density at radius 1 is 1.16 bits per heavy atom. The predicted molar refractivity (Wildman–Crippen MR) is 100 cm³/mol. The Bertz CT molecular complexity index is 877. The zero-order chi connectivity index (χ0) is 17.9. The molecule has 0 unspecified atom stereocenters. The van der Waals surface area contributed by atoms with E-state index >= 15 is 0 Å². The van der Waals surface area contributed by atoms with E-state index in [2.05, 4.69) is 15.2 Å². The van der Waals surface area contributed by atoms with Crippen LogP contribution in [0.5, 0.6) is 5.75 Å². The fourth-order valence-corrected chi connectivity index (χ4v) is 3.09. The van der Waals surface area contributed by atoms with Crippen LogP contribution in [0.2, 0.25) is 0 Å². The fourth-order valence-electron chi connectivity index (χ4n) is 2.64. The third-order valence-electron chi connectivity index (χ3n) is 3.77. The number of nitrogens with zero attached hydrogens (tertiary/aromatic N) is 2. The Labute approximate surface area is 148 Å². The lowest BCUT2D eigenvalue weighted by atomic mass is 10.2. The van der Waals surface area contributed by atoms with E-state index in [1.165, 1.54) is 5.56 Å². The van der Waals surface area contributed by atoms with Gasteiger partial charge in [0.15, 0.2) is 0 Å². The molecule has 132 valence electrons. The van der Waals surface area contributed by atoms with Crippen molar-refractivity contribution in [3.8, 4) is 5.75 Å². The molecule has 2 aromatic carbocycles. The van der Waals surface area contributed by atoms with Gasteiger partial charge in [-0.2, -0.15) is 8.42 Å². The summed E-state index contributed by atoms with van der Waals surface area (Å²) in [6, 6.07) is 15.2. The lowest BCUT2D eigenvalue weighted by molar-refractivity contribution is 0.493. The monoisotopic (exact) mass is 359 g/mol. The third kappa shape index (κ3) is 4.73. The molecule has 6 nitrogen and oxygen atoms in total. The molecule has 0 saturated carbocycles. The first-order valence-corrected chi connectivity index (χ1v) is 9.83. The Hall–Kier alpha value is -2.54. The Morgan fingerprint density at radius 2 is 1.92 bits per heavy atom. The molecule has 0 amide bonds. The third-order valence-corrected chi connectivity index (χ3v) is 4.27. The molecule has 0 fully saturated rings. The molecule has 0 aliphatic carbocycles. The topological polar surface area (TPSA) is 71.0 Å². The van der Waals surface area contributed by atoms with Crippen molar-refractivity contribution in [3.05, 3.63) is 54.1 Å². The summed E-state index contributed by atoms with van der Waals surface area (Å²) in [4.78, 5) is 6.54. The van der Waals surface area contributed by atoms with E-state index in [1.807, 2.05) is 37.3 Å². The zero-order valence-corrected chi connectivity index (χ0v) is 15.1. The summed E-state index contributed by atoms with van der Waals surface area (Å²) in [5.41, 5.74) is 3.01. The number of benzene rings is 2. The summed E-state index contributed by atoms with van der Waals surface area (Å²) in [5.74, 6) is 1.20. The van der Waals surface area contributed by atoms with E-state index in [-0.39, 0.29) is 0 Å². The molecule has 0 bridgehead atoms. The molecule has 2 aromatic rings. The first kappa shape index (κ1) is 17.3. The van der Waals surface area contributed by atoms with Crippen LogP contribution in [0, 0.1) is 6.92 Å². The highest BCUT2D eigenvalue weighted by Crippen LogP contribution is 2.29. The summed E-state index contributed by atoms with van der Waals surface area (Å²) in [7, 11) is -3.57. The molecule has 1 heterocycles. The summed E-state index contributed by atoms with van der Waals surface area (Å²) in [6.45, 7) is 4.23. The molecule has 1 aliphatic rings. The van der Waals surface area contributed by atoms with Gasteiger partial charge in [-0.3, -0.25) is 4.99 Å². The van der Waals surface area contributed by atoms with Crippen LogP contribution in [0.25, 0.3) is 0 Å². The molecule has 0 aromatic heterocycles. The second-order valence-corrected chi connectivity index (χ2v) is 7.54. The van der Waals surface area contributed by atoms with Gasteiger partial charge in [-0.15, -0.1) is 0 Å². The molecule has 0 spiro atoms. The minimum Gasteiger partial charge on any atom is -0.383 e. The van der Waals surface area contributed by atoms with Crippen molar-refractivity contribution in [2.45, 2.75) is 6.92 Å². The fraction of sp³-hybridized carbons (Fsp3) is 0.278. The van der Waals surface area contributed by atoms with Crippen LogP contribution in [0.4, 0.5) is 11.4 Å². The van der Waals surface area contributed by atoms with Crippen molar-refractivity contribution in [1.82, 2.24) is 5.32 Å². The van der Waals surface area contributed by atoms with E-state index < -0.39 is 10.1 Å². The van der Waals surface area contributed by atoms with Gasteiger partial charge >= 0.3 is 10.1 Å². The van der Waals surface area contributed by atoms with Gasteiger partial charge in [0.2, 0.25) is 0 Å². The van der Waals surface area contributed by atoms with Gasteiger partial charge in [0, 0.05) is 24.0 Å². The minimum atomic E-state index is -3.57. The normalized spacial score (nSPS) is 13.9. The number of rotatable bonds is 6. The second-order valence-electron chi connectivity index (χ2n) is 5.96. The molecule has 1 aliphatic heterocycles. The van der Waals surface area contributed by atoms with E-state index in [1.54, 1.807) is 18.2 Å². The van der Waals surface area contributed by atoms with Crippen molar-refractivity contribution in [2.75, 3.05) is 30.8 Å². The van der Waals surface area contributed by atoms with Crippen molar-refractivity contribution in [2.24, 2.45) is 4.99 Å². The average Bonchev–Trinajstić information content (AvgIpc) is 3.05. The second kappa shape index (κ2) is 7.14. The molecular formula is C18H21N3O3S. The van der Waals surface area contributed by atoms with Crippen LogP contribution in [0.3, 0.4) is 0 Å². The first-order valence-electron chi connectivity index (χ1n) is 8.02. The van der Waals surface area contributed by atoms with Gasteiger partial charge in [0.25, 0.3) is 0 Å². The highest BCUT2D eigenvalue weighted by molar-refractivity contribution is 7.86. The number of hydrogen-bond acceptors (Lipinski definition) is 6. The summed E-state index contributed by atoms with van der Waals surface area (Å²) < 4.78 is 27.8. The van der Waals surface area contributed by atoms with Gasteiger partial charge in [0.05, 0.1) is 19.3 Å². The van der Waals surface area contributed by atoms with Gasteiger partial charge in [-0.05, 0) is 31.2 Å². The molecule has 25 heavy (non-hydrogen) atoms. The maximum atomic E-state index is 11.4. The van der Waals surface area contributed by atoms with Crippen LogP contribution in [0.15, 0.2) is 53.5 Å². The van der Waals surface area contributed by atoms with Crippen molar-refractivity contribution >= 4 is 27.3 Å². The van der Waals surface area contributed by atoms with Crippen LogP contribution < -0.4 is 14.4 Å². The van der Waals surface area contributed by atoms with Crippen LogP contribution in [0.1, 0.15) is 5.56 Å². The molecule has 3 rings (SSSR count). The van der Waals surface area contributed by atoms with E-state index in [0.717, 1.165) is 36.6 Å². The van der Waals surface area contributed by atoms with Crippen LogP contribution >= 0.6 is 0 Å². The maximum absolute atomic E-state index is 11.4. The predicted octanol–water partition coefficient (Wildman–Crippen LogP) is 2.47. The lowest BCUT2D eigenvalue weighted by Crippen LogP contribution is -2.32. The highest BCUT2D eigenvalue weighted by Gasteiger charge is 2.16. The quantitative estimate of drug-likeness (QED) is 0.803. The van der Waals surface area contributed by atoms with E-state index in [0.29, 0.717) is 12.3 Å². The number of aliphatic imine (C=N–C) groups is 1. The highest BCUT2D eigenvalue weighted by atomic mass is 32.2. The number of amidine groups is 1. The average molecular weight is 359 g/mol. The Morgan fingerprint density at radius 3 is 2.56 bits per heavy atom. The molecule has 7 heteroatoms. The van der Waals surface area contributed by atoms with E-state index in [9.17, 15) is 8.42 Å². The summed E-state index contributed by atoms with van der Waals surface area (Å²) in [6.07, 6.45) is 1.04. The molecule has 0 saturated heterocycles. The van der Waals surface area contributed by atoms with Crippen LogP contribution in [-0.4, -0.2) is 40.1 Å². The SMILES string of the molecule is Cc1ccc(N(CC2=NCCN2)c2cccc(OS(C)(=O)=O)c2)cc1. The zero-order valence-electron chi connectivity index (χ0n) is 14.3.